The number of benzene rings is 4. The van der Waals surface area contributed by atoms with E-state index >= 15 is 0 Å². The molecule has 0 aromatic heterocycles. The number of para-hydroxylation sites is 1. The van der Waals surface area contributed by atoms with Gasteiger partial charge in [0.2, 0.25) is 0 Å². The molecule has 0 fully saturated rings. The number of anilines is 3. The van der Waals surface area contributed by atoms with Crippen LogP contribution in [0.5, 0.6) is 0 Å². The lowest BCUT2D eigenvalue weighted by Crippen LogP contribution is -2.12. The Morgan fingerprint density at radius 1 is 0.618 bits per heavy atom. The zero-order chi connectivity index (χ0) is 24.3. The van der Waals surface area contributed by atoms with Crippen molar-refractivity contribution in [1.29, 1.82) is 0 Å². The van der Waals surface area contributed by atoms with Crippen LogP contribution in [-0.2, 0) is 5.41 Å². The van der Waals surface area contributed by atoms with Crippen LogP contribution in [0, 0.1) is 0 Å². The van der Waals surface area contributed by atoms with Crippen LogP contribution in [0.2, 0.25) is 0 Å². The van der Waals surface area contributed by atoms with Crippen molar-refractivity contribution in [3.63, 3.8) is 0 Å². The maximum atomic E-state index is 13.1. The van der Waals surface area contributed by atoms with Gasteiger partial charge >= 0.3 is 0 Å². The Hall–Kier alpha value is -3.65. The molecular formula is C32H33NO. The Labute approximate surface area is 203 Å². The second-order valence-corrected chi connectivity index (χ2v) is 10.1. The maximum absolute atomic E-state index is 13.1. The smallest absolute Gasteiger partial charge is 0.193 e. The molecule has 34 heavy (non-hydrogen) atoms. The topological polar surface area (TPSA) is 20.3 Å². The normalized spacial score (nSPS) is 11.5. The molecule has 0 amide bonds. The number of hydrogen-bond acceptors (Lipinski definition) is 2. The highest BCUT2D eigenvalue weighted by Gasteiger charge is 2.17. The largest absolute Gasteiger partial charge is 0.311 e. The van der Waals surface area contributed by atoms with Crippen molar-refractivity contribution < 1.29 is 4.79 Å². The number of rotatable bonds is 6. The molecule has 0 spiro atoms. The monoisotopic (exact) mass is 447 g/mol. The summed E-state index contributed by atoms with van der Waals surface area (Å²) >= 11 is 0. The van der Waals surface area contributed by atoms with Crippen molar-refractivity contribution in [2.24, 2.45) is 0 Å². The highest BCUT2D eigenvalue weighted by Crippen LogP contribution is 2.35. The molecule has 0 unspecified atom stereocenters. The third-order valence-corrected chi connectivity index (χ3v) is 6.23. The molecule has 4 aromatic carbocycles. The Morgan fingerprint density at radius 2 is 1.06 bits per heavy atom. The van der Waals surface area contributed by atoms with Crippen molar-refractivity contribution in [3.05, 3.63) is 125 Å². The molecule has 0 saturated heterocycles. The fourth-order valence-electron chi connectivity index (χ4n) is 4.08. The van der Waals surface area contributed by atoms with Gasteiger partial charge in [0, 0.05) is 28.2 Å². The van der Waals surface area contributed by atoms with Crippen LogP contribution in [0.4, 0.5) is 17.1 Å². The van der Waals surface area contributed by atoms with Gasteiger partial charge in [-0.25, -0.2) is 0 Å². The van der Waals surface area contributed by atoms with Crippen LogP contribution in [-0.4, -0.2) is 5.78 Å². The van der Waals surface area contributed by atoms with Gasteiger partial charge in [0.05, 0.1) is 0 Å². The highest BCUT2D eigenvalue weighted by atomic mass is 16.1. The predicted octanol–water partition coefficient (Wildman–Crippen LogP) is 8.81. The van der Waals surface area contributed by atoms with Gasteiger partial charge in [-0.15, -0.1) is 0 Å². The summed E-state index contributed by atoms with van der Waals surface area (Å²) in [7, 11) is 0. The minimum Gasteiger partial charge on any atom is -0.311 e. The SMILES string of the molecule is CC(C)c1ccc(N(c2ccccc2)c2ccc(C(=O)c3ccc(C(C)(C)C)cc3)cc2)cc1. The van der Waals surface area contributed by atoms with Gasteiger partial charge in [-0.2, -0.15) is 0 Å². The molecule has 0 aliphatic heterocycles. The van der Waals surface area contributed by atoms with Crippen LogP contribution in [0.3, 0.4) is 0 Å². The minimum atomic E-state index is 0.0413. The van der Waals surface area contributed by atoms with Crippen molar-refractivity contribution in [2.45, 2.75) is 46.0 Å². The van der Waals surface area contributed by atoms with E-state index in [0.29, 0.717) is 17.0 Å². The van der Waals surface area contributed by atoms with E-state index in [1.54, 1.807) is 0 Å². The van der Waals surface area contributed by atoms with Crippen molar-refractivity contribution in [2.75, 3.05) is 4.90 Å². The van der Waals surface area contributed by atoms with Gasteiger partial charge < -0.3 is 4.90 Å². The molecule has 0 saturated carbocycles. The summed E-state index contributed by atoms with van der Waals surface area (Å²) in [6.07, 6.45) is 0. The molecule has 0 N–H and O–H groups in total. The quantitative estimate of drug-likeness (QED) is 0.275. The number of ketones is 1. The van der Waals surface area contributed by atoms with Gasteiger partial charge in [0.1, 0.15) is 0 Å². The predicted molar refractivity (Wildman–Crippen MR) is 144 cm³/mol. The van der Waals surface area contributed by atoms with E-state index in [1.165, 1.54) is 11.1 Å². The summed E-state index contributed by atoms with van der Waals surface area (Å²) in [4.78, 5) is 15.3. The molecule has 0 aliphatic carbocycles. The van der Waals surface area contributed by atoms with Crippen molar-refractivity contribution >= 4 is 22.8 Å². The van der Waals surface area contributed by atoms with Crippen molar-refractivity contribution in [3.8, 4) is 0 Å². The standard InChI is InChI=1S/C32H33NO/c1-23(2)24-13-19-29(20-14-24)33(28-9-7-6-8-10-28)30-21-15-26(16-22-30)31(34)25-11-17-27(18-12-25)32(3,4)5/h6-23H,1-5H3. The number of carbonyl (C=O) groups excluding carboxylic acids is 1. The molecule has 0 atom stereocenters. The van der Waals surface area contributed by atoms with Gasteiger partial charge in [-0.1, -0.05) is 89.2 Å². The maximum Gasteiger partial charge on any atom is 0.193 e. The second-order valence-electron chi connectivity index (χ2n) is 10.1. The van der Waals surface area contributed by atoms with E-state index in [4.69, 9.17) is 0 Å². The van der Waals surface area contributed by atoms with E-state index in [9.17, 15) is 4.79 Å². The lowest BCUT2D eigenvalue weighted by Gasteiger charge is -2.26. The molecular weight excluding hydrogens is 414 g/mol. The summed E-state index contributed by atoms with van der Waals surface area (Å²) < 4.78 is 0. The summed E-state index contributed by atoms with van der Waals surface area (Å²) in [5.74, 6) is 0.529. The molecule has 0 radical (unpaired) electrons. The highest BCUT2D eigenvalue weighted by molar-refractivity contribution is 6.09. The molecule has 4 aromatic rings. The third kappa shape index (κ3) is 5.12. The lowest BCUT2D eigenvalue weighted by atomic mass is 9.86. The Balaban J connectivity index is 1.64. The summed E-state index contributed by atoms with van der Waals surface area (Å²) in [5, 5.41) is 0. The first kappa shape index (κ1) is 23.5. The Bertz CT molecular complexity index is 1230. The molecule has 0 aliphatic rings. The van der Waals surface area contributed by atoms with Crippen molar-refractivity contribution in [1.82, 2.24) is 0 Å². The number of carbonyl (C=O) groups is 1. The van der Waals surface area contributed by atoms with Crippen LogP contribution < -0.4 is 4.90 Å². The van der Waals surface area contributed by atoms with Gasteiger partial charge in [0.15, 0.2) is 5.78 Å². The zero-order valence-corrected chi connectivity index (χ0v) is 20.7. The van der Waals surface area contributed by atoms with Gasteiger partial charge in [0.25, 0.3) is 0 Å². The molecule has 0 heterocycles. The first-order valence-electron chi connectivity index (χ1n) is 11.9. The Kier molecular flexibility index (Phi) is 6.70. The van der Waals surface area contributed by atoms with E-state index in [-0.39, 0.29) is 11.2 Å². The lowest BCUT2D eigenvalue weighted by molar-refractivity contribution is 0.103. The molecule has 0 bridgehead atoms. The van der Waals surface area contributed by atoms with Crippen LogP contribution >= 0.6 is 0 Å². The van der Waals surface area contributed by atoms with E-state index in [2.05, 4.69) is 88.0 Å². The summed E-state index contributed by atoms with van der Waals surface area (Å²) in [5.41, 5.74) is 7.20. The average Bonchev–Trinajstić information content (AvgIpc) is 2.85. The molecule has 2 heteroatoms. The Morgan fingerprint density at radius 3 is 1.53 bits per heavy atom. The molecule has 2 nitrogen and oxygen atoms in total. The second kappa shape index (κ2) is 9.69. The van der Waals surface area contributed by atoms with E-state index in [0.717, 1.165) is 17.1 Å². The van der Waals surface area contributed by atoms with E-state index in [1.807, 2.05) is 54.6 Å². The van der Waals surface area contributed by atoms with Crippen LogP contribution in [0.1, 0.15) is 67.6 Å². The molecule has 172 valence electrons. The first-order chi connectivity index (χ1) is 16.2. The average molecular weight is 448 g/mol. The summed E-state index contributed by atoms with van der Waals surface area (Å²) in [6, 6.07) is 34.9. The minimum absolute atomic E-state index is 0.0413. The molecule has 4 rings (SSSR count). The van der Waals surface area contributed by atoms with E-state index < -0.39 is 0 Å². The summed E-state index contributed by atoms with van der Waals surface area (Å²) in [6.45, 7) is 10.9. The third-order valence-electron chi connectivity index (χ3n) is 6.23. The van der Waals surface area contributed by atoms with Crippen LogP contribution in [0.25, 0.3) is 0 Å². The number of nitrogens with zero attached hydrogens (tertiary/aromatic N) is 1. The zero-order valence-electron chi connectivity index (χ0n) is 20.7. The number of hydrogen-bond donors (Lipinski definition) is 0. The van der Waals surface area contributed by atoms with Gasteiger partial charge in [-0.05, 0) is 71.0 Å². The van der Waals surface area contributed by atoms with Gasteiger partial charge in [-0.3, -0.25) is 4.79 Å². The van der Waals surface area contributed by atoms with Crippen LogP contribution in [0.15, 0.2) is 103 Å². The fraction of sp³-hybridized carbons (Fsp3) is 0.219. The fourth-order valence-corrected chi connectivity index (χ4v) is 4.08. The first-order valence-corrected chi connectivity index (χ1v) is 11.9.